The molecule has 1 aromatic carbocycles. The van der Waals surface area contributed by atoms with Crippen molar-refractivity contribution < 1.29 is 14.4 Å². The minimum absolute atomic E-state index is 0.199. The number of hydrogen-bond donors (Lipinski definition) is 1. The lowest BCUT2D eigenvalue weighted by Crippen LogP contribution is -2.35. The summed E-state index contributed by atoms with van der Waals surface area (Å²) in [5.41, 5.74) is 0.963. The van der Waals surface area contributed by atoms with Gasteiger partial charge in [0.25, 0.3) is 5.91 Å². The van der Waals surface area contributed by atoms with E-state index in [0.29, 0.717) is 18.7 Å². The van der Waals surface area contributed by atoms with Crippen molar-refractivity contribution in [3.63, 3.8) is 0 Å². The maximum atomic E-state index is 12.1. The predicted octanol–water partition coefficient (Wildman–Crippen LogP) is 2.46. The van der Waals surface area contributed by atoms with Gasteiger partial charge in [-0.15, -0.1) is 0 Å². The van der Waals surface area contributed by atoms with E-state index < -0.39 is 5.60 Å². The number of carbonyl (C=O) groups is 1. The summed E-state index contributed by atoms with van der Waals surface area (Å²) in [7, 11) is 1.66. The Bertz CT molecular complexity index is 692. The molecule has 21 heavy (non-hydrogen) atoms. The molecule has 1 unspecified atom stereocenters. The Labute approximate surface area is 130 Å². The van der Waals surface area contributed by atoms with Crippen LogP contribution in [0, 0.1) is 6.92 Å². The van der Waals surface area contributed by atoms with E-state index in [1.54, 1.807) is 13.1 Å². The van der Waals surface area contributed by atoms with Crippen LogP contribution in [0.5, 0.6) is 0 Å². The summed E-state index contributed by atoms with van der Waals surface area (Å²) in [6.07, 6.45) is 0.314. The van der Waals surface area contributed by atoms with Gasteiger partial charge in [-0.3, -0.25) is 4.79 Å². The van der Waals surface area contributed by atoms with Gasteiger partial charge < -0.3 is 14.5 Å². The average Bonchev–Trinajstić information content (AvgIpc) is 3.00. The molecule has 1 N–H and O–H groups in total. The molecule has 0 spiro atoms. The highest BCUT2D eigenvalue weighted by Gasteiger charge is 2.48. The lowest BCUT2D eigenvalue weighted by molar-refractivity contribution is -0.144. The molecule has 110 valence electrons. The first-order valence-electron chi connectivity index (χ1n) is 6.63. The highest BCUT2D eigenvalue weighted by Crippen LogP contribution is 2.35. The van der Waals surface area contributed by atoms with Gasteiger partial charge in [-0.05, 0) is 30.7 Å². The normalized spacial score (nSPS) is 22.1. The summed E-state index contributed by atoms with van der Waals surface area (Å²) in [5.74, 6) is -0.153. The van der Waals surface area contributed by atoms with E-state index in [1.807, 2.05) is 25.1 Å². The molecule has 1 aromatic heterocycles. The highest BCUT2D eigenvalue weighted by molar-refractivity contribution is 9.10. The molecule has 0 bridgehead atoms. The fourth-order valence-corrected chi connectivity index (χ4v) is 3.18. The molecule has 1 aliphatic heterocycles. The Morgan fingerprint density at radius 1 is 1.38 bits per heavy atom. The Balaban J connectivity index is 1.99. The zero-order valence-corrected chi connectivity index (χ0v) is 13.3. The van der Waals surface area contributed by atoms with Gasteiger partial charge in [0.2, 0.25) is 5.60 Å². The lowest BCUT2D eigenvalue weighted by Gasteiger charge is -2.16. The number of aliphatic hydroxyl groups is 1. The van der Waals surface area contributed by atoms with Crippen LogP contribution < -0.4 is 0 Å². The monoisotopic (exact) mass is 350 g/mol. The zero-order chi connectivity index (χ0) is 15.2. The third kappa shape index (κ3) is 2.38. The SMILES string of the molecule is Cc1cc(Br)cc(-c2cc(C3(O)CCN(C)C3=O)on2)c1. The zero-order valence-electron chi connectivity index (χ0n) is 11.8. The third-order valence-corrected chi connectivity index (χ3v) is 4.22. The minimum Gasteiger partial charge on any atom is -0.373 e. The summed E-state index contributed by atoms with van der Waals surface area (Å²) in [6.45, 7) is 2.49. The number of likely N-dealkylation sites (tertiary alicyclic amines) is 1. The summed E-state index contributed by atoms with van der Waals surface area (Å²) in [6, 6.07) is 7.52. The largest absolute Gasteiger partial charge is 0.373 e. The van der Waals surface area contributed by atoms with Gasteiger partial charge in [0, 0.05) is 36.1 Å². The predicted molar refractivity (Wildman–Crippen MR) is 80.5 cm³/mol. The fraction of sp³-hybridized carbons (Fsp3) is 0.333. The molecule has 1 fully saturated rings. The van der Waals surface area contributed by atoms with Crippen LogP contribution in [0.3, 0.4) is 0 Å². The van der Waals surface area contributed by atoms with Crippen LogP contribution in [0.25, 0.3) is 11.3 Å². The van der Waals surface area contributed by atoms with Crippen LogP contribution >= 0.6 is 15.9 Å². The number of halogens is 1. The molecule has 5 nitrogen and oxygen atoms in total. The number of hydrogen-bond acceptors (Lipinski definition) is 4. The maximum absolute atomic E-state index is 12.1. The molecule has 6 heteroatoms. The number of amides is 1. The van der Waals surface area contributed by atoms with Crippen LogP contribution in [0.1, 0.15) is 17.7 Å². The van der Waals surface area contributed by atoms with Crippen molar-refractivity contribution in [2.45, 2.75) is 18.9 Å². The Morgan fingerprint density at radius 3 is 2.76 bits per heavy atom. The van der Waals surface area contributed by atoms with E-state index in [-0.39, 0.29) is 11.7 Å². The van der Waals surface area contributed by atoms with E-state index in [0.717, 1.165) is 15.6 Å². The van der Waals surface area contributed by atoms with E-state index in [2.05, 4.69) is 21.1 Å². The quantitative estimate of drug-likeness (QED) is 0.903. The second-order valence-electron chi connectivity index (χ2n) is 5.43. The summed E-state index contributed by atoms with van der Waals surface area (Å²) >= 11 is 3.44. The van der Waals surface area contributed by atoms with Crippen molar-refractivity contribution in [3.8, 4) is 11.3 Å². The number of carbonyl (C=O) groups excluding carboxylic acids is 1. The molecule has 1 amide bonds. The van der Waals surface area contributed by atoms with Gasteiger partial charge >= 0.3 is 0 Å². The number of nitrogens with zero attached hydrogens (tertiary/aromatic N) is 2. The fourth-order valence-electron chi connectivity index (χ4n) is 2.57. The van der Waals surface area contributed by atoms with Crippen molar-refractivity contribution >= 4 is 21.8 Å². The van der Waals surface area contributed by atoms with E-state index in [4.69, 9.17) is 4.52 Å². The topological polar surface area (TPSA) is 66.6 Å². The highest BCUT2D eigenvalue weighted by atomic mass is 79.9. The van der Waals surface area contributed by atoms with Crippen molar-refractivity contribution in [2.24, 2.45) is 0 Å². The van der Waals surface area contributed by atoms with Gasteiger partial charge in [-0.25, -0.2) is 0 Å². The molecule has 0 saturated carbocycles. The first kappa shape index (κ1) is 14.3. The van der Waals surface area contributed by atoms with Gasteiger partial charge in [-0.1, -0.05) is 21.1 Å². The molecule has 1 saturated heterocycles. The van der Waals surface area contributed by atoms with Crippen molar-refractivity contribution in [1.29, 1.82) is 0 Å². The second-order valence-corrected chi connectivity index (χ2v) is 6.35. The molecule has 1 atom stereocenters. The molecule has 1 aliphatic rings. The number of aryl methyl sites for hydroxylation is 1. The summed E-state index contributed by atoms with van der Waals surface area (Å²) in [4.78, 5) is 13.6. The molecule has 2 aromatic rings. The Morgan fingerprint density at radius 2 is 2.14 bits per heavy atom. The van der Waals surface area contributed by atoms with Gasteiger partial charge in [0.1, 0.15) is 5.69 Å². The van der Waals surface area contributed by atoms with Gasteiger partial charge in [-0.2, -0.15) is 0 Å². The van der Waals surface area contributed by atoms with Crippen LogP contribution in [-0.4, -0.2) is 34.7 Å². The van der Waals surface area contributed by atoms with Crippen LogP contribution in [0.4, 0.5) is 0 Å². The standard InChI is InChI=1S/C15H15BrN2O3/c1-9-5-10(7-11(16)6-9)12-8-13(21-17-12)15(20)3-4-18(2)14(15)19/h5-8,20H,3-4H2,1-2H3. The number of benzene rings is 1. The molecule has 3 rings (SSSR count). The molecule has 0 aliphatic carbocycles. The summed E-state index contributed by atoms with van der Waals surface area (Å²) in [5, 5.41) is 14.5. The van der Waals surface area contributed by atoms with E-state index in [9.17, 15) is 9.90 Å². The van der Waals surface area contributed by atoms with Crippen molar-refractivity contribution in [3.05, 3.63) is 40.1 Å². The van der Waals surface area contributed by atoms with Crippen LogP contribution in [0.15, 0.2) is 33.3 Å². The molecular weight excluding hydrogens is 336 g/mol. The number of likely N-dealkylation sites (N-methyl/N-ethyl adjacent to an activating group) is 1. The van der Waals surface area contributed by atoms with Crippen LogP contribution in [-0.2, 0) is 10.4 Å². The van der Waals surface area contributed by atoms with E-state index in [1.165, 1.54) is 4.90 Å². The Hall–Kier alpha value is -1.66. The third-order valence-electron chi connectivity index (χ3n) is 3.77. The Kier molecular flexibility index (Phi) is 3.37. The lowest BCUT2D eigenvalue weighted by atomic mass is 9.98. The average molecular weight is 351 g/mol. The first-order chi connectivity index (χ1) is 9.90. The molecule has 0 radical (unpaired) electrons. The number of rotatable bonds is 2. The van der Waals surface area contributed by atoms with Gasteiger partial charge in [0.05, 0.1) is 0 Å². The minimum atomic E-state index is -1.60. The van der Waals surface area contributed by atoms with Crippen molar-refractivity contribution in [1.82, 2.24) is 10.1 Å². The first-order valence-corrected chi connectivity index (χ1v) is 7.42. The molecular formula is C15H15BrN2O3. The smallest absolute Gasteiger partial charge is 0.262 e. The number of aromatic nitrogens is 1. The summed E-state index contributed by atoms with van der Waals surface area (Å²) < 4.78 is 6.18. The van der Waals surface area contributed by atoms with Crippen LogP contribution in [0.2, 0.25) is 0 Å². The second kappa shape index (κ2) is 4.96. The van der Waals surface area contributed by atoms with Gasteiger partial charge in [0.15, 0.2) is 5.76 Å². The van der Waals surface area contributed by atoms with E-state index >= 15 is 0 Å². The van der Waals surface area contributed by atoms with Crippen molar-refractivity contribution in [2.75, 3.05) is 13.6 Å². The molecule has 2 heterocycles. The maximum Gasteiger partial charge on any atom is 0.262 e.